The summed E-state index contributed by atoms with van der Waals surface area (Å²) >= 11 is 0. The molecule has 3 nitrogen and oxygen atoms in total. The molecule has 0 aliphatic carbocycles. The quantitative estimate of drug-likeness (QED) is 0.713. The van der Waals surface area contributed by atoms with Crippen LogP contribution in [0.4, 0.5) is 13.2 Å². The molecule has 0 amide bonds. The lowest BCUT2D eigenvalue weighted by molar-refractivity contribution is -0.137. The Morgan fingerprint density at radius 2 is 2.06 bits per heavy atom. The number of ether oxygens (including phenoxy) is 1. The van der Waals surface area contributed by atoms with Crippen molar-refractivity contribution in [2.75, 3.05) is 6.61 Å². The minimum absolute atomic E-state index is 0.0913. The molecule has 6 heteroatoms. The molecule has 88 valence electrons. The average Bonchev–Trinajstić information content (AvgIpc) is 2.22. The van der Waals surface area contributed by atoms with Gasteiger partial charge in [0.15, 0.2) is 0 Å². The molecule has 1 aliphatic rings. The maximum absolute atomic E-state index is 12.4. The van der Waals surface area contributed by atoms with Gasteiger partial charge in [-0.25, -0.2) is 0 Å². The second-order valence-electron chi connectivity index (χ2n) is 3.67. The minimum atomic E-state index is -4.43. The van der Waals surface area contributed by atoms with Crippen LogP contribution < -0.4 is 10.5 Å². The highest BCUT2D eigenvalue weighted by molar-refractivity contribution is 5.41. The highest BCUT2D eigenvalue weighted by atomic mass is 19.4. The van der Waals surface area contributed by atoms with Crippen LogP contribution in [0.15, 0.2) is 18.2 Å². The van der Waals surface area contributed by atoms with Gasteiger partial charge in [0.2, 0.25) is 0 Å². The predicted molar refractivity (Wildman–Crippen MR) is 49.9 cm³/mol. The monoisotopic (exact) mass is 233 g/mol. The highest BCUT2D eigenvalue weighted by Crippen LogP contribution is 2.37. The van der Waals surface area contributed by atoms with Crippen LogP contribution in [0.3, 0.4) is 0 Å². The van der Waals surface area contributed by atoms with E-state index in [-0.39, 0.29) is 17.9 Å². The van der Waals surface area contributed by atoms with Crippen molar-refractivity contribution >= 4 is 0 Å². The molecule has 16 heavy (non-hydrogen) atoms. The molecule has 2 atom stereocenters. The summed E-state index contributed by atoms with van der Waals surface area (Å²) in [6, 6.07) is 2.30. The van der Waals surface area contributed by atoms with Gasteiger partial charge in [-0.1, -0.05) is 0 Å². The van der Waals surface area contributed by atoms with Gasteiger partial charge in [-0.2, -0.15) is 13.2 Å². The Morgan fingerprint density at radius 3 is 2.69 bits per heavy atom. The molecule has 0 bridgehead atoms. The van der Waals surface area contributed by atoms with Crippen LogP contribution >= 0.6 is 0 Å². The standard InChI is InChI=1S/C10H10F3NO2/c11-10(12,13)5-1-2-8-6(3-5)9(15)7(14)4-16-8/h1-3,7,9,15H,4,14H2/t7-,9?/m0/s1. The topological polar surface area (TPSA) is 55.5 Å². The smallest absolute Gasteiger partial charge is 0.416 e. The number of aliphatic hydroxyl groups is 1. The third-order valence-corrected chi connectivity index (χ3v) is 2.49. The third kappa shape index (κ3) is 1.85. The second kappa shape index (κ2) is 3.64. The van der Waals surface area contributed by atoms with Crippen molar-refractivity contribution in [3.8, 4) is 5.75 Å². The Bertz CT molecular complexity index is 406. The van der Waals surface area contributed by atoms with Gasteiger partial charge in [0.05, 0.1) is 11.6 Å². The largest absolute Gasteiger partial charge is 0.491 e. The molecule has 1 aromatic carbocycles. The zero-order valence-electron chi connectivity index (χ0n) is 8.16. The summed E-state index contributed by atoms with van der Waals surface area (Å²) in [4.78, 5) is 0. The summed E-state index contributed by atoms with van der Waals surface area (Å²) in [6.07, 6.45) is -5.55. The Hall–Kier alpha value is -1.27. The first-order chi connectivity index (χ1) is 7.39. The number of halogens is 3. The number of hydrogen-bond donors (Lipinski definition) is 2. The van der Waals surface area contributed by atoms with E-state index < -0.39 is 23.9 Å². The van der Waals surface area contributed by atoms with E-state index in [2.05, 4.69) is 0 Å². The Balaban J connectivity index is 2.45. The summed E-state index contributed by atoms with van der Waals surface area (Å²) in [6.45, 7) is 0.0968. The van der Waals surface area contributed by atoms with Crippen molar-refractivity contribution in [1.29, 1.82) is 0 Å². The van der Waals surface area contributed by atoms with Crippen molar-refractivity contribution in [2.45, 2.75) is 18.3 Å². The number of benzene rings is 1. The van der Waals surface area contributed by atoms with Crippen molar-refractivity contribution in [3.05, 3.63) is 29.3 Å². The van der Waals surface area contributed by atoms with E-state index in [9.17, 15) is 18.3 Å². The number of hydrogen-bond acceptors (Lipinski definition) is 3. The zero-order valence-corrected chi connectivity index (χ0v) is 8.16. The molecule has 1 heterocycles. The van der Waals surface area contributed by atoms with E-state index in [1.807, 2.05) is 0 Å². The van der Waals surface area contributed by atoms with E-state index in [0.717, 1.165) is 12.1 Å². The Labute approximate surface area is 89.6 Å². The van der Waals surface area contributed by atoms with Crippen LogP contribution in [0.2, 0.25) is 0 Å². The Kier molecular flexibility index (Phi) is 2.55. The van der Waals surface area contributed by atoms with Crippen molar-refractivity contribution in [3.63, 3.8) is 0 Å². The molecule has 0 saturated carbocycles. The van der Waals surface area contributed by atoms with Gasteiger partial charge >= 0.3 is 6.18 Å². The molecular weight excluding hydrogens is 223 g/mol. The summed E-state index contributed by atoms with van der Waals surface area (Å²) in [7, 11) is 0. The number of rotatable bonds is 0. The molecule has 1 unspecified atom stereocenters. The number of alkyl halides is 3. The molecule has 3 N–H and O–H groups in total. The summed E-state index contributed by atoms with van der Waals surface area (Å²) in [5.41, 5.74) is 4.77. The molecule has 0 spiro atoms. The summed E-state index contributed by atoms with van der Waals surface area (Å²) in [5.74, 6) is 0.252. The molecule has 1 aliphatic heterocycles. The van der Waals surface area contributed by atoms with Gasteiger partial charge in [0.1, 0.15) is 18.5 Å². The van der Waals surface area contributed by atoms with E-state index >= 15 is 0 Å². The van der Waals surface area contributed by atoms with Gasteiger partial charge in [0.25, 0.3) is 0 Å². The summed E-state index contributed by atoms with van der Waals surface area (Å²) in [5, 5.41) is 9.65. The minimum Gasteiger partial charge on any atom is -0.491 e. The van der Waals surface area contributed by atoms with E-state index in [1.165, 1.54) is 6.07 Å². The van der Waals surface area contributed by atoms with E-state index in [1.54, 1.807) is 0 Å². The maximum Gasteiger partial charge on any atom is 0.416 e. The SMILES string of the molecule is N[C@H]1COc2ccc(C(F)(F)F)cc2C1O. The first-order valence-electron chi connectivity index (χ1n) is 4.67. The number of aliphatic hydroxyl groups excluding tert-OH is 1. The lowest BCUT2D eigenvalue weighted by Crippen LogP contribution is -2.38. The zero-order chi connectivity index (χ0) is 11.9. The highest BCUT2D eigenvalue weighted by Gasteiger charge is 2.34. The van der Waals surface area contributed by atoms with Gasteiger partial charge in [-0.05, 0) is 18.2 Å². The Morgan fingerprint density at radius 1 is 1.38 bits per heavy atom. The number of nitrogens with two attached hydrogens (primary N) is 1. The number of fused-ring (bicyclic) bond motifs is 1. The van der Waals surface area contributed by atoms with Gasteiger partial charge in [0, 0.05) is 5.56 Å². The van der Waals surface area contributed by atoms with Crippen LogP contribution in [0.5, 0.6) is 5.75 Å². The molecular formula is C10H10F3NO2. The van der Waals surface area contributed by atoms with E-state index in [0.29, 0.717) is 0 Å². The molecule has 2 rings (SSSR count). The first kappa shape index (κ1) is 11.2. The van der Waals surface area contributed by atoms with Crippen LogP contribution in [0.25, 0.3) is 0 Å². The fourth-order valence-corrected chi connectivity index (χ4v) is 1.60. The van der Waals surface area contributed by atoms with Gasteiger partial charge in [-0.3, -0.25) is 0 Å². The van der Waals surface area contributed by atoms with Crippen LogP contribution in [0.1, 0.15) is 17.2 Å². The van der Waals surface area contributed by atoms with Crippen LogP contribution in [0, 0.1) is 0 Å². The van der Waals surface area contributed by atoms with Gasteiger partial charge < -0.3 is 15.6 Å². The third-order valence-electron chi connectivity index (χ3n) is 2.49. The molecule has 1 aromatic rings. The molecule has 0 radical (unpaired) electrons. The fourth-order valence-electron chi connectivity index (χ4n) is 1.60. The van der Waals surface area contributed by atoms with Crippen LogP contribution in [-0.4, -0.2) is 17.8 Å². The second-order valence-corrected chi connectivity index (χ2v) is 3.67. The average molecular weight is 233 g/mol. The molecule has 0 saturated heterocycles. The molecule has 0 fully saturated rings. The van der Waals surface area contributed by atoms with Gasteiger partial charge in [-0.15, -0.1) is 0 Å². The predicted octanol–water partition coefficient (Wildman–Crippen LogP) is 1.46. The van der Waals surface area contributed by atoms with Crippen molar-refractivity contribution in [2.24, 2.45) is 5.73 Å². The van der Waals surface area contributed by atoms with E-state index in [4.69, 9.17) is 10.5 Å². The molecule has 0 aromatic heterocycles. The fraction of sp³-hybridized carbons (Fsp3) is 0.400. The maximum atomic E-state index is 12.4. The normalized spacial score (nSPS) is 24.8. The van der Waals surface area contributed by atoms with Crippen LogP contribution in [-0.2, 0) is 6.18 Å². The lowest BCUT2D eigenvalue weighted by atomic mass is 9.97. The summed E-state index contributed by atoms with van der Waals surface area (Å²) < 4.78 is 42.4. The van der Waals surface area contributed by atoms with Crippen molar-refractivity contribution < 1.29 is 23.0 Å². The van der Waals surface area contributed by atoms with Crippen molar-refractivity contribution in [1.82, 2.24) is 0 Å². The first-order valence-corrected chi connectivity index (χ1v) is 4.67. The lowest BCUT2D eigenvalue weighted by Gasteiger charge is -2.28.